The Morgan fingerprint density at radius 3 is 2.81 bits per heavy atom. The van der Waals surface area contributed by atoms with Crippen LogP contribution in [0, 0.1) is 0 Å². The highest BCUT2D eigenvalue weighted by atomic mass is 79.9. The highest BCUT2D eigenvalue weighted by molar-refractivity contribution is 9.10. The Morgan fingerprint density at radius 2 is 2.07 bits per heavy atom. The van der Waals surface area contributed by atoms with Crippen molar-refractivity contribution in [2.24, 2.45) is 0 Å². The molecule has 0 spiro atoms. The van der Waals surface area contributed by atoms with Crippen LogP contribution in [0.25, 0.3) is 10.9 Å². The lowest BCUT2D eigenvalue weighted by atomic mass is 10.1. The van der Waals surface area contributed by atoms with Crippen molar-refractivity contribution in [2.45, 2.75) is 18.9 Å². The summed E-state index contributed by atoms with van der Waals surface area (Å²) in [7, 11) is 1.63. The fourth-order valence-corrected chi connectivity index (χ4v) is 3.66. The maximum Gasteiger partial charge on any atom is 0.270 e. The van der Waals surface area contributed by atoms with Gasteiger partial charge in [0, 0.05) is 49.1 Å². The molecule has 0 unspecified atom stereocenters. The molecule has 1 aliphatic rings. The molecule has 1 aliphatic heterocycles. The first kappa shape index (κ1) is 17.9. The highest BCUT2D eigenvalue weighted by Crippen LogP contribution is 2.26. The molecule has 1 aromatic carbocycles. The van der Waals surface area contributed by atoms with Crippen molar-refractivity contribution in [3.05, 3.63) is 52.8 Å². The number of aromatic amines is 1. The predicted octanol–water partition coefficient (Wildman–Crippen LogP) is 4.02. The lowest BCUT2D eigenvalue weighted by Crippen LogP contribution is -2.42. The lowest BCUT2D eigenvalue weighted by Gasteiger charge is -2.31. The number of aromatic nitrogens is 2. The average molecular weight is 430 g/mol. The number of H-pyrrole nitrogens is 1. The molecule has 0 aliphatic carbocycles. The van der Waals surface area contributed by atoms with Gasteiger partial charge in [-0.2, -0.15) is 0 Å². The van der Waals surface area contributed by atoms with E-state index in [1.807, 2.05) is 41.3 Å². The second-order valence-corrected chi connectivity index (χ2v) is 7.39. The van der Waals surface area contributed by atoms with Crippen LogP contribution in [0.1, 0.15) is 23.3 Å². The van der Waals surface area contributed by atoms with Gasteiger partial charge in [-0.25, -0.2) is 4.98 Å². The Morgan fingerprint density at radius 1 is 1.26 bits per heavy atom. The van der Waals surface area contributed by atoms with Crippen molar-refractivity contribution < 1.29 is 14.3 Å². The van der Waals surface area contributed by atoms with Crippen LogP contribution in [0.2, 0.25) is 0 Å². The van der Waals surface area contributed by atoms with Crippen molar-refractivity contribution >= 4 is 32.7 Å². The van der Waals surface area contributed by atoms with Crippen molar-refractivity contribution in [1.29, 1.82) is 0 Å². The third-order valence-electron chi connectivity index (χ3n) is 4.79. The molecule has 1 saturated heterocycles. The Balaban J connectivity index is 1.40. The second kappa shape index (κ2) is 7.60. The van der Waals surface area contributed by atoms with E-state index in [9.17, 15) is 4.79 Å². The molecule has 0 atom stereocenters. The van der Waals surface area contributed by atoms with Crippen LogP contribution >= 0.6 is 15.9 Å². The number of piperidine rings is 1. The maximum atomic E-state index is 12.8. The van der Waals surface area contributed by atoms with E-state index in [2.05, 4.69) is 25.9 Å². The predicted molar refractivity (Wildman–Crippen MR) is 106 cm³/mol. The number of benzene rings is 1. The van der Waals surface area contributed by atoms with Crippen molar-refractivity contribution in [2.75, 3.05) is 20.2 Å². The summed E-state index contributed by atoms with van der Waals surface area (Å²) in [5.41, 5.74) is 1.50. The fourth-order valence-electron chi connectivity index (χ4n) is 3.31. The monoisotopic (exact) mass is 429 g/mol. The van der Waals surface area contributed by atoms with Gasteiger partial charge < -0.3 is 19.4 Å². The quantitative estimate of drug-likeness (QED) is 0.679. The van der Waals surface area contributed by atoms with Gasteiger partial charge in [0.05, 0.1) is 11.6 Å². The number of carbonyl (C=O) groups excluding carboxylic acids is 1. The van der Waals surface area contributed by atoms with Gasteiger partial charge in [0.1, 0.15) is 17.5 Å². The van der Waals surface area contributed by atoms with Crippen molar-refractivity contribution in [1.82, 2.24) is 14.9 Å². The molecule has 3 heterocycles. The van der Waals surface area contributed by atoms with Crippen LogP contribution in [0.3, 0.4) is 0 Å². The van der Waals surface area contributed by atoms with Crippen LogP contribution in [0.5, 0.6) is 11.6 Å². The number of fused-ring (bicyclic) bond motifs is 1. The zero-order valence-electron chi connectivity index (χ0n) is 14.9. The Kier molecular flexibility index (Phi) is 5.03. The van der Waals surface area contributed by atoms with E-state index < -0.39 is 0 Å². The number of nitrogens with zero attached hydrogens (tertiary/aromatic N) is 2. The van der Waals surface area contributed by atoms with E-state index in [1.165, 1.54) is 0 Å². The Hall–Kier alpha value is -2.54. The number of ether oxygens (including phenoxy) is 2. The molecule has 4 rings (SSSR count). The summed E-state index contributed by atoms with van der Waals surface area (Å²) in [5.74, 6) is 1.39. The first-order chi connectivity index (χ1) is 13.1. The Labute approximate surface area is 165 Å². The van der Waals surface area contributed by atoms with Gasteiger partial charge >= 0.3 is 0 Å². The van der Waals surface area contributed by atoms with Crippen molar-refractivity contribution in [3.63, 3.8) is 0 Å². The number of hydrogen-bond acceptors (Lipinski definition) is 4. The van der Waals surface area contributed by atoms with Gasteiger partial charge in [-0.05, 0) is 46.3 Å². The SMILES string of the molecule is COc1ccc2cc(C(=O)N3CCC(Oc4ncccc4Br)CC3)[nH]c2c1. The second-order valence-electron chi connectivity index (χ2n) is 6.54. The molecular weight excluding hydrogens is 410 g/mol. The van der Waals surface area contributed by atoms with Crippen LogP contribution in [-0.4, -0.2) is 47.1 Å². The number of amides is 1. The molecule has 140 valence electrons. The zero-order chi connectivity index (χ0) is 18.8. The van der Waals surface area contributed by atoms with E-state index in [0.717, 1.165) is 34.0 Å². The topological polar surface area (TPSA) is 67.4 Å². The summed E-state index contributed by atoms with van der Waals surface area (Å²) in [6.07, 6.45) is 3.34. The molecule has 6 nitrogen and oxygen atoms in total. The molecule has 3 aromatic rings. The molecule has 0 radical (unpaired) electrons. The third kappa shape index (κ3) is 3.78. The summed E-state index contributed by atoms with van der Waals surface area (Å²) in [6, 6.07) is 11.4. The highest BCUT2D eigenvalue weighted by Gasteiger charge is 2.26. The number of rotatable bonds is 4. The number of halogens is 1. The third-order valence-corrected chi connectivity index (χ3v) is 5.40. The summed E-state index contributed by atoms with van der Waals surface area (Å²) >= 11 is 3.45. The number of nitrogens with one attached hydrogen (secondary N) is 1. The van der Waals surface area contributed by atoms with E-state index >= 15 is 0 Å². The number of carbonyl (C=O) groups is 1. The summed E-state index contributed by atoms with van der Waals surface area (Å²) in [6.45, 7) is 1.32. The van der Waals surface area contributed by atoms with E-state index in [1.54, 1.807) is 13.3 Å². The van der Waals surface area contributed by atoms with Gasteiger partial charge in [-0.15, -0.1) is 0 Å². The zero-order valence-corrected chi connectivity index (χ0v) is 16.5. The lowest BCUT2D eigenvalue weighted by molar-refractivity contribution is 0.0582. The maximum absolute atomic E-state index is 12.8. The smallest absolute Gasteiger partial charge is 0.270 e. The number of pyridine rings is 1. The van der Waals surface area contributed by atoms with Crippen LogP contribution < -0.4 is 9.47 Å². The van der Waals surface area contributed by atoms with Gasteiger partial charge in [-0.1, -0.05) is 0 Å². The number of likely N-dealkylation sites (tertiary alicyclic amines) is 1. The first-order valence-corrected chi connectivity index (χ1v) is 9.66. The first-order valence-electron chi connectivity index (χ1n) is 8.87. The van der Waals surface area contributed by atoms with Crippen molar-refractivity contribution in [3.8, 4) is 11.6 Å². The fraction of sp³-hybridized carbons (Fsp3) is 0.300. The van der Waals surface area contributed by atoms with Gasteiger partial charge in [0.15, 0.2) is 0 Å². The molecule has 7 heteroatoms. The molecule has 27 heavy (non-hydrogen) atoms. The van der Waals surface area contributed by atoms with E-state index in [-0.39, 0.29) is 12.0 Å². The van der Waals surface area contributed by atoms with Gasteiger partial charge in [-0.3, -0.25) is 4.79 Å². The van der Waals surface area contributed by atoms with Gasteiger partial charge in [0.25, 0.3) is 5.91 Å². The minimum absolute atomic E-state index is 0.0163. The largest absolute Gasteiger partial charge is 0.497 e. The Bertz CT molecular complexity index is 964. The summed E-state index contributed by atoms with van der Waals surface area (Å²) < 4.78 is 12.1. The van der Waals surface area contributed by atoms with E-state index in [4.69, 9.17) is 9.47 Å². The summed E-state index contributed by atoms with van der Waals surface area (Å²) in [4.78, 5) is 22.2. The minimum atomic E-state index is 0.0163. The van der Waals surface area contributed by atoms with Crippen LogP contribution in [-0.2, 0) is 0 Å². The molecule has 0 saturated carbocycles. The number of methoxy groups -OCH3 is 1. The molecular formula is C20H20BrN3O3. The molecule has 1 fully saturated rings. The normalized spacial score (nSPS) is 15.1. The molecule has 1 amide bonds. The van der Waals surface area contributed by atoms with E-state index in [0.29, 0.717) is 24.7 Å². The average Bonchev–Trinajstić information content (AvgIpc) is 3.13. The van der Waals surface area contributed by atoms with Crippen LogP contribution in [0.15, 0.2) is 47.1 Å². The number of hydrogen-bond donors (Lipinski definition) is 1. The van der Waals surface area contributed by atoms with Crippen LogP contribution in [0.4, 0.5) is 0 Å². The van der Waals surface area contributed by atoms with Gasteiger partial charge in [0.2, 0.25) is 5.88 Å². The summed E-state index contributed by atoms with van der Waals surface area (Å²) in [5, 5.41) is 0.998. The standard InChI is InChI=1S/C20H20BrN3O3/c1-26-15-5-4-13-11-18(23-17(13)12-15)20(25)24-9-6-14(7-10-24)27-19-16(21)3-2-8-22-19/h2-5,8,11-12,14,23H,6-7,9-10H2,1H3. The minimum Gasteiger partial charge on any atom is -0.497 e. The molecule has 0 bridgehead atoms. The molecule has 1 N–H and O–H groups in total. The molecule has 2 aromatic heterocycles.